The molecule has 20 heavy (non-hydrogen) atoms. The van der Waals surface area contributed by atoms with Crippen LogP contribution in [0.3, 0.4) is 0 Å². The van der Waals surface area contributed by atoms with Crippen LogP contribution in [0.25, 0.3) is 0 Å². The average Bonchev–Trinajstić information content (AvgIpc) is 2.90. The van der Waals surface area contributed by atoms with Crippen LogP contribution < -0.4 is 5.32 Å². The molecule has 0 saturated carbocycles. The Morgan fingerprint density at radius 2 is 2.00 bits per heavy atom. The summed E-state index contributed by atoms with van der Waals surface area (Å²) < 4.78 is 0. The summed E-state index contributed by atoms with van der Waals surface area (Å²) in [5, 5.41) is 11.5. The fraction of sp³-hybridized carbons (Fsp3) is 0.188. The van der Waals surface area contributed by atoms with Crippen LogP contribution in [-0.2, 0) is 6.54 Å². The molecule has 0 aliphatic heterocycles. The van der Waals surface area contributed by atoms with Crippen LogP contribution in [-0.4, -0.2) is 17.6 Å². The quantitative estimate of drug-likeness (QED) is 0.850. The number of nitrogens with one attached hydrogen (secondary N) is 1. The summed E-state index contributed by atoms with van der Waals surface area (Å²) >= 11 is 1.49. The van der Waals surface area contributed by atoms with Gasteiger partial charge in [-0.15, -0.1) is 11.3 Å². The van der Waals surface area contributed by atoms with Gasteiger partial charge in [0.25, 0.3) is 5.91 Å². The SMILES string of the molecule is Cc1ccc(C(=O)NCc2ccc(C#CCO)cc2)s1. The number of amides is 1. The zero-order valence-electron chi connectivity index (χ0n) is 11.1. The highest BCUT2D eigenvalue weighted by Gasteiger charge is 2.07. The van der Waals surface area contributed by atoms with Gasteiger partial charge < -0.3 is 10.4 Å². The molecule has 0 aliphatic rings. The van der Waals surface area contributed by atoms with Crippen LogP contribution in [0.5, 0.6) is 0 Å². The van der Waals surface area contributed by atoms with Crippen molar-refractivity contribution in [3.63, 3.8) is 0 Å². The maximum atomic E-state index is 11.9. The Bertz CT molecular complexity index is 647. The molecule has 0 unspecified atom stereocenters. The third-order valence-corrected chi connectivity index (χ3v) is 3.68. The van der Waals surface area contributed by atoms with Crippen molar-refractivity contribution in [2.45, 2.75) is 13.5 Å². The Labute approximate surface area is 122 Å². The van der Waals surface area contributed by atoms with Crippen molar-refractivity contribution >= 4 is 17.2 Å². The minimum Gasteiger partial charge on any atom is -0.384 e. The molecule has 102 valence electrons. The molecule has 1 aromatic heterocycles. The number of aliphatic hydroxyl groups excluding tert-OH is 1. The predicted octanol–water partition coefficient (Wildman–Crippen LogP) is 2.33. The highest BCUT2D eigenvalue weighted by atomic mass is 32.1. The lowest BCUT2D eigenvalue weighted by atomic mass is 10.1. The average molecular weight is 285 g/mol. The lowest BCUT2D eigenvalue weighted by Gasteiger charge is -2.04. The molecule has 4 heteroatoms. The first-order valence-corrected chi connectivity index (χ1v) is 7.04. The molecule has 2 rings (SSSR count). The van der Waals surface area contributed by atoms with Crippen LogP contribution in [0.4, 0.5) is 0 Å². The summed E-state index contributed by atoms with van der Waals surface area (Å²) in [5.41, 5.74) is 1.86. The Hall–Kier alpha value is -2.09. The fourth-order valence-corrected chi connectivity index (χ4v) is 2.46. The van der Waals surface area contributed by atoms with Crippen LogP contribution in [0.15, 0.2) is 36.4 Å². The molecule has 1 heterocycles. The second-order valence-electron chi connectivity index (χ2n) is 4.25. The molecule has 2 aromatic rings. The second-order valence-corrected chi connectivity index (χ2v) is 5.54. The number of aliphatic hydroxyl groups is 1. The minimum absolute atomic E-state index is 0.0488. The van der Waals surface area contributed by atoms with Crippen molar-refractivity contribution in [1.82, 2.24) is 5.32 Å². The second kappa shape index (κ2) is 6.90. The fourth-order valence-electron chi connectivity index (χ4n) is 1.67. The van der Waals surface area contributed by atoms with Gasteiger partial charge in [-0.2, -0.15) is 0 Å². The van der Waals surface area contributed by atoms with Gasteiger partial charge in [-0.05, 0) is 36.8 Å². The third-order valence-electron chi connectivity index (χ3n) is 2.68. The summed E-state index contributed by atoms with van der Waals surface area (Å²) in [6, 6.07) is 11.4. The molecule has 0 spiro atoms. The van der Waals surface area contributed by atoms with E-state index in [1.165, 1.54) is 11.3 Å². The van der Waals surface area contributed by atoms with E-state index in [-0.39, 0.29) is 12.5 Å². The Balaban J connectivity index is 1.92. The van der Waals surface area contributed by atoms with Crippen molar-refractivity contribution in [2.24, 2.45) is 0 Å². The summed E-state index contributed by atoms with van der Waals surface area (Å²) in [5.74, 6) is 5.38. The van der Waals surface area contributed by atoms with Crippen molar-refractivity contribution in [1.29, 1.82) is 0 Å². The number of aryl methyl sites for hydroxylation is 1. The first kappa shape index (κ1) is 14.3. The number of carbonyl (C=O) groups excluding carboxylic acids is 1. The first-order chi connectivity index (χ1) is 9.69. The van der Waals surface area contributed by atoms with Crippen LogP contribution in [0.1, 0.15) is 25.7 Å². The molecule has 0 saturated heterocycles. The Morgan fingerprint density at radius 3 is 2.60 bits per heavy atom. The number of rotatable bonds is 3. The molecule has 0 atom stereocenters. The van der Waals surface area contributed by atoms with E-state index in [1.807, 2.05) is 43.3 Å². The summed E-state index contributed by atoms with van der Waals surface area (Å²) in [6.07, 6.45) is 0. The highest BCUT2D eigenvalue weighted by Crippen LogP contribution is 2.14. The molecule has 0 radical (unpaired) electrons. The van der Waals surface area contributed by atoms with E-state index in [0.717, 1.165) is 20.9 Å². The monoisotopic (exact) mass is 285 g/mol. The van der Waals surface area contributed by atoms with Gasteiger partial charge in [0, 0.05) is 17.0 Å². The van der Waals surface area contributed by atoms with Gasteiger partial charge in [0.05, 0.1) is 4.88 Å². The van der Waals surface area contributed by atoms with E-state index in [4.69, 9.17) is 5.11 Å². The highest BCUT2D eigenvalue weighted by molar-refractivity contribution is 7.13. The minimum atomic E-state index is -0.141. The topological polar surface area (TPSA) is 49.3 Å². The molecule has 1 amide bonds. The normalized spacial score (nSPS) is 9.70. The molecule has 2 N–H and O–H groups in total. The van der Waals surface area contributed by atoms with Gasteiger partial charge >= 0.3 is 0 Å². The Morgan fingerprint density at radius 1 is 1.25 bits per heavy atom. The van der Waals surface area contributed by atoms with E-state index >= 15 is 0 Å². The zero-order valence-corrected chi connectivity index (χ0v) is 12.0. The van der Waals surface area contributed by atoms with Crippen molar-refractivity contribution in [3.05, 3.63) is 57.3 Å². The lowest BCUT2D eigenvalue weighted by molar-refractivity contribution is 0.0955. The Kier molecular flexibility index (Phi) is 4.94. The molecule has 1 aromatic carbocycles. The van der Waals surface area contributed by atoms with E-state index < -0.39 is 0 Å². The van der Waals surface area contributed by atoms with Crippen molar-refractivity contribution in [3.8, 4) is 11.8 Å². The lowest BCUT2D eigenvalue weighted by Crippen LogP contribution is -2.21. The van der Waals surface area contributed by atoms with Crippen LogP contribution in [0.2, 0.25) is 0 Å². The maximum absolute atomic E-state index is 11.9. The van der Waals surface area contributed by atoms with Gasteiger partial charge in [0.15, 0.2) is 0 Å². The van der Waals surface area contributed by atoms with E-state index in [9.17, 15) is 4.79 Å². The maximum Gasteiger partial charge on any atom is 0.261 e. The molecule has 0 aliphatic carbocycles. The number of hydrogen-bond donors (Lipinski definition) is 2. The third kappa shape index (κ3) is 3.95. The molecule has 3 nitrogen and oxygen atoms in total. The summed E-state index contributed by atoms with van der Waals surface area (Å²) in [7, 11) is 0. The van der Waals surface area contributed by atoms with Gasteiger partial charge in [-0.3, -0.25) is 4.79 Å². The number of benzene rings is 1. The van der Waals surface area contributed by atoms with Crippen LogP contribution >= 0.6 is 11.3 Å². The van der Waals surface area contributed by atoms with Gasteiger partial charge in [-0.25, -0.2) is 0 Å². The van der Waals surface area contributed by atoms with E-state index in [1.54, 1.807) is 0 Å². The van der Waals surface area contributed by atoms with Crippen LogP contribution in [0, 0.1) is 18.8 Å². The molecule has 0 bridgehead atoms. The van der Waals surface area contributed by atoms with E-state index in [2.05, 4.69) is 17.2 Å². The standard InChI is InChI=1S/C16H15NO2S/c1-12-4-9-15(20-12)16(19)17-11-14-7-5-13(6-8-14)3-2-10-18/h4-9,18H,10-11H2,1H3,(H,17,19). The zero-order chi connectivity index (χ0) is 14.4. The first-order valence-electron chi connectivity index (χ1n) is 6.22. The smallest absolute Gasteiger partial charge is 0.261 e. The van der Waals surface area contributed by atoms with Gasteiger partial charge in [0.1, 0.15) is 6.61 Å². The van der Waals surface area contributed by atoms with Gasteiger partial charge in [0.2, 0.25) is 0 Å². The molecule has 0 fully saturated rings. The summed E-state index contributed by atoms with van der Waals surface area (Å²) in [4.78, 5) is 13.7. The van der Waals surface area contributed by atoms with Gasteiger partial charge in [-0.1, -0.05) is 24.0 Å². The molecular formula is C16H15NO2S. The molecular weight excluding hydrogens is 270 g/mol. The van der Waals surface area contributed by atoms with Crippen molar-refractivity contribution < 1.29 is 9.90 Å². The predicted molar refractivity (Wildman–Crippen MR) is 80.6 cm³/mol. The summed E-state index contributed by atoms with van der Waals surface area (Å²) in [6.45, 7) is 2.33. The largest absolute Gasteiger partial charge is 0.384 e. The van der Waals surface area contributed by atoms with E-state index in [0.29, 0.717) is 6.54 Å². The van der Waals surface area contributed by atoms with Crippen molar-refractivity contribution in [2.75, 3.05) is 6.61 Å². The number of hydrogen-bond acceptors (Lipinski definition) is 3. The number of thiophene rings is 1. The number of carbonyl (C=O) groups is 1.